The van der Waals surface area contributed by atoms with Crippen LogP contribution in [0, 0.1) is 6.92 Å². The normalized spacial score (nSPS) is 13.1. The molecule has 4 heteroatoms. The fourth-order valence-electron chi connectivity index (χ4n) is 1.23. The monoisotopic (exact) mass is 307 g/mol. The summed E-state index contributed by atoms with van der Waals surface area (Å²) in [6.07, 6.45) is 0. The van der Waals surface area contributed by atoms with Gasteiger partial charge in [0.15, 0.2) is 0 Å². The quantitative estimate of drug-likeness (QED) is 0.851. The summed E-state index contributed by atoms with van der Waals surface area (Å²) in [5.41, 5.74) is 0. The molecule has 0 aliphatic heterocycles. The van der Waals surface area contributed by atoms with E-state index in [4.69, 9.17) is 0 Å². The molecule has 0 saturated carbocycles. The third-order valence-corrected chi connectivity index (χ3v) is 5.39. The second-order valence-corrected chi connectivity index (χ2v) is 7.07. The molecule has 1 unspecified atom stereocenters. The van der Waals surface area contributed by atoms with Crippen LogP contribution in [0.5, 0.6) is 0 Å². The van der Waals surface area contributed by atoms with Crippen molar-refractivity contribution in [3.05, 3.63) is 20.3 Å². The van der Waals surface area contributed by atoms with Crippen molar-refractivity contribution in [2.75, 3.05) is 11.5 Å². The second kappa shape index (κ2) is 6.94. The Morgan fingerprint density at radius 2 is 2.33 bits per heavy atom. The first-order valence-electron chi connectivity index (χ1n) is 5.19. The van der Waals surface area contributed by atoms with E-state index < -0.39 is 0 Å². The molecular weight excluding hydrogens is 290 g/mol. The van der Waals surface area contributed by atoms with Gasteiger partial charge in [0.2, 0.25) is 0 Å². The van der Waals surface area contributed by atoms with Gasteiger partial charge in [-0.1, -0.05) is 6.92 Å². The zero-order chi connectivity index (χ0) is 11.3. The molecule has 1 N–H and O–H groups in total. The van der Waals surface area contributed by atoms with Crippen molar-refractivity contribution >= 4 is 39.0 Å². The summed E-state index contributed by atoms with van der Waals surface area (Å²) in [6.45, 7) is 7.59. The number of thiophene rings is 1. The minimum Gasteiger partial charge on any atom is -0.309 e. The van der Waals surface area contributed by atoms with Gasteiger partial charge in [-0.15, -0.1) is 11.3 Å². The van der Waals surface area contributed by atoms with Crippen LogP contribution in [0.2, 0.25) is 0 Å². The summed E-state index contributed by atoms with van der Waals surface area (Å²) in [4.78, 5) is 2.77. The average Bonchev–Trinajstić information content (AvgIpc) is 2.52. The minimum atomic E-state index is 0.594. The largest absolute Gasteiger partial charge is 0.309 e. The fraction of sp³-hybridized carbons (Fsp3) is 0.636. The lowest BCUT2D eigenvalue weighted by molar-refractivity contribution is 0.600. The molecule has 0 fully saturated rings. The first-order chi connectivity index (χ1) is 7.13. The smallest absolute Gasteiger partial charge is 0.0314 e. The molecule has 0 aromatic carbocycles. The Hall–Kier alpha value is 0.490. The molecule has 1 rings (SSSR count). The van der Waals surface area contributed by atoms with Crippen molar-refractivity contribution < 1.29 is 0 Å². The Bertz CT molecular complexity index is 279. The Kier molecular flexibility index (Phi) is 6.27. The SMILES string of the molecule is CCSCC(C)NCc1cc(Br)c(C)s1. The van der Waals surface area contributed by atoms with Gasteiger partial charge in [0, 0.05) is 32.6 Å². The molecule has 1 aromatic rings. The molecule has 0 saturated heterocycles. The number of aryl methyl sites for hydroxylation is 1. The molecule has 0 aliphatic carbocycles. The number of hydrogen-bond acceptors (Lipinski definition) is 3. The van der Waals surface area contributed by atoms with E-state index in [0.717, 1.165) is 6.54 Å². The molecule has 1 aromatic heterocycles. The second-order valence-electron chi connectivity index (χ2n) is 3.56. The van der Waals surface area contributed by atoms with Gasteiger partial charge in [0.05, 0.1) is 0 Å². The van der Waals surface area contributed by atoms with Crippen LogP contribution in [0.1, 0.15) is 23.6 Å². The molecule has 0 radical (unpaired) electrons. The summed E-state index contributed by atoms with van der Waals surface area (Å²) in [5.74, 6) is 2.40. The number of nitrogens with one attached hydrogen (secondary N) is 1. The van der Waals surface area contributed by atoms with E-state index in [1.54, 1.807) is 0 Å². The van der Waals surface area contributed by atoms with E-state index in [0.29, 0.717) is 6.04 Å². The van der Waals surface area contributed by atoms with Gasteiger partial charge in [0.25, 0.3) is 0 Å². The molecule has 0 bridgehead atoms. The maximum Gasteiger partial charge on any atom is 0.0314 e. The molecule has 1 heterocycles. The van der Waals surface area contributed by atoms with E-state index in [-0.39, 0.29) is 0 Å². The highest BCUT2D eigenvalue weighted by Crippen LogP contribution is 2.26. The number of halogens is 1. The number of hydrogen-bond donors (Lipinski definition) is 1. The van der Waals surface area contributed by atoms with Crippen LogP contribution >= 0.6 is 39.0 Å². The predicted octanol–water partition coefficient (Wildman–Crippen LogP) is 4.05. The lowest BCUT2D eigenvalue weighted by Crippen LogP contribution is -2.27. The van der Waals surface area contributed by atoms with E-state index in [1.807, 2.05) is 23.1 Å². The van der Waals surface area contributed by atoms with Crippen molar-refractivity contribution in [3.63, 3.8) is 0 Å². The number of thioether (sulfide) groups is 1. The molecular formula is C11H18BrNS2. The standard InChI is InChI=1S/C11H18BrNS2/c1-4-14-7-8(2)13-6-10-5-11(12)9(3)15-10/h5,8,13H,4,6-7H2,1-3H3. The van der Waals surface area contributed by atoms with E-state index in [9.17, 15) is 0 Å². The Morgan fingerprint density at radius 1 is 1.60 bits per heavy atom. The maximum atomic E-state index is 3.54. The van der Waals surface area contributed by atoms with Crippen molar-refractivity contribution in [1.29, 1.82) is 0 Å². The lowest BCUT2D eigenvalue weighted by atomic mass is 10.3. The van der Waals surface area contributed by atoms with Crippen LogP contribution in [0.15, 0.2) is 10.5 Å². The van der Waals surface area contributed by atoms with E-state index in [2.05, 4.69) is 48.1 Å². The average molecular weight is 308 g/mol. The topological polar surface area (TPSA) is 12.0 Å². The summed E-state index contributed by atoms with van der Waals surface area (Å²) in [6, 6.07) is 2.81. The summed E-state index contributed by atoms with van der Waals surface area (Å²) >= 11 is 7.40. The summed E-state index contributed by atoms with van der Waals surface area (Å²) < 4.78 is 1.24. The summed E-state index contributed by atoms with van der Waals surface area (Å²) in [7, 11) is 0. The van der Waals surface area contributed by atoms with Crippen LogP contribution in [0.25, 0.3) is 0 Å². The predicted molar refractivity (Wildman–Crippen MR) is 76.1 cm³/mol. The zero-order valence-electron chi connectivity index (χ0n) is 9.47. The van der Waals surface area contributed by atoms with Crippen LogP contribution in [0.4, 0.5) is 0 Å². The van der Waals surface area contributed by atoms with Crippen LogP contribution < -0.4 is 5.32 Å². The van der Waals surface area contributed by atoms with E-state index in [1.165, 1.54) is 25.7 Å². The molecule has 0 spiro atoms. The molecule has 0 amide bonds. The first kappa shape index (κ1) is 13.6. The molecule has 15 heavy (non-hydrogen) atoms. The third-order valence-electron chi connectivity index (χ3n) is 2.10. The summed E-state index contributed by atoms with van der Waals surface area (Å²) in [5, 5.41) is 3.54. The fourth-order valence-corrected chi connectivity index (χ4v) is 3.49. The third kappa shape index (κ3) is 4.89. The van der Waals surface area contributed by atoms with Gasteiger partial charge < -0.3 is 5.32 Å². The molecule has 86 valence electrons. The van der Waals surface area contributed by atoms with Crippen molar-refractivity contribution in [1.82, 2.24) is 5.32 Å². The molecule has 0 aliphatic rings. The van der Waals surface area contributed by atoms with Crippen molar-refractivity contribution in [2.45, 2.75) is 33.4 Å². The van der Waals surface area contributed by atoms with Gasteiger partial charge in [-0.05, 0) is 41.6 Å². The first-order valence-corrected chi connectivity index (χ1v) is 7.95. The van der Waals surface area contributed by atoms with Crippen molar-refractivity contribution in [3.8, 4) is 0 Å². The van der Waals surface area contributed by atoms with Crippen LogP contribution in [0.3, 0.4) is 0 Å². The maximum absolute atomic E-state index is 3.54. The van der Waals surface area contributed by atoms with Gasteiger partial charge in [0.1, 0.15) is 0 Å². The van der Waals surface area contributed by atoms with Gasteiger partial charge >= 0.3 is 0 Å². The highest BCUT2D eigenvalue weighted by atomic mass is 79.9. The number of rotatable bonds is 6. The van der Waals surface area contributed by atoms with Crippen molar-refractivity contribution in [2.24, 2.45) is 0 Å². The van der Waals surface area contributed by atoms with E-state index >= 15 is 0 Å². The minimum absolute atomic E-state index is 0.594. The zero-order valence-corrected chi connectivity index (χ0v) is 12.7. The molecule has 1 nitrogen and oxygen atoms in total. The van der Waals surface area contributed by atoms with Gasteiger partial charge in [-0.3, -0.25) is 0 Å². The highest BCUT2D eigenvalue weighted by molar-refractivity contribution is 9.10. The highest BCUT2D eigenvalue weighted by Gasteiger charge is 2.05. The Balaban J connectivity index is 2.30. The Labute approximate surface area is 109 Å². The van der Waals surface area contributed by atoms with Crippen LogP contribution in [-0.2, 0) is 6.54 Å². The lowest BCUT2D eigenvalue weighted by Gasteiger charge is -2.11. The Morgan fingerprint density at radius 3 is 2.87 bits per heavy atom. The van der Waals surface area contributed by atoms with Crippen LogP contribution in [-0.4, -0.2) is 17.5 Å². The van der Waals surface area contributed by atoms with Gasteiger partial charge in [-0.2, -0.15) is 11.8 Å². The van der Waals surface area contributed by atoms with Gasteiger partial charge in [-0.25, -0.2) is 0 Å². The molecule has 1 atom stereocenters.